The molecular weight excluding hydrogens is 389 g/mol. The van der Waals surface area contributed by atoms with E-state index in [0.29, 0.717) is 40.6 Å². The molecule has 0 saturated carbocycles. The number of aromatic carboxylic acids is 1. The molecule has 3 aromatic rings. The molecule has 0 fully saturated rings. The molecule has 30 heavy (non-hydrogen) atoms. The van der Waals surface area contributed by atoms with Gasteiger partial charge in [-0.05, 0) is 60.5 Å². The fraction of sp³-hybridized carbons (Fsp3) is 0.130. The molecule has 0 spiro atoms. The lowest BCUT2D eigenvalue weighted by molar-refractivity contribution is -0.257. The fourth-order valence-electron chi connectivity index (χ4n) is 2.69. The predicted octanol–water partition coefficient (Wildman–Crippen LogP) is 3.82. The number of ether oxygens (including phenoxy) is 2. The molecule has 0 aliphatic heterocycles. The van der Waals surface area contributed by atoms with Crippen LogP contribution in [-0.4, -0.2) is 12.6 Å². The molecule has 2 aromatic carbocycles. The maximum atomic E-state index is 13.1. The summed E-state index contributed by atoms with van der Waals surface area (Å²) in [7, 11) is 0. The van der Waals surface area contributed by atoms with Crippen molar-refractivity contribution in [2.24, 2.45) is 0 Å². The minimum absolute atomic E-state index is 0.00155. The second kappa shape index (κ2) is 9.43. The Morgan fingerprint density at radius 1 is 1.13 bits per heavy atom. The zero-order chi connectivity index (χ0) is 21.5. The van der Waals surface area contributed by atoms with E-state index in [1.54, 1.807) is 24.3 Å². The summed E-state index contributed by atoms with van der Waals surface area (Å²) < 4.78 is 29.6. The first-order valence-electron chi connectivity index (χ1n) is 9.07. The van der Waals surface area contributed by atoms with Crippen LogP contribution in [0.1, 0.15) is 34.4 Å². The van der Waals surface area contributed by atoms with Crippen molar-refractivity contribution in [3.8, 4) is 17.6 Å². The molecule has 0 atom stereocenters. The molecule has 0 bridgehead atoms. The lowest BCUT2D eigenvalue weighted by Gasteiger charge is -2.12. The van der Waals surface area contributed by atoms with Crippen molar-refractivity contribution in [1.29, 1.82) is 5.26 Å². The van der Waals surface area contributed by atoms with Crippen LogP contribution in [0, 0.1) is 17.1 Å². The Morgan fingerprint density at radius 2 is 1.90 bits per heavy atom. The topological polar surface area (TPSA) is 95.5 Å². The maximum Gasteiger partial charge on any atom is 0.161 e. The molecule has 7 heteroatoms. The van der Waals surface area contributed by atoms with E-state index in [-0.39, 0.29) is 18.2 Å². The van der Waals surface area contributed by atoms with Gasteiger partial charge < -0.3 is 23.8 Å². The SMILES string of the molecule is CCOc1cc(/C=C(\C#N)c2ccc(F)cc2)ccc1OCc1ccc(C(=O)[O-])o1. The number of hydrogen-bond donors (Lipinski definition) is 0. The Balaban J connectivity index is 1.82. The van der Waals surface area contributed by atoms with Crippen molar-refractivity contribution >= 4 is 17.6 Å². The lowest BCUT2D eigenvalue weighted by Crippen LogP contribution is -2.21. The van der Waals surface area contributed by atoms with Gasteiger partial charge in [-0.2, -0.15) is 5.26 Å². The van der Waals surface area contributed by atoms with Crippen molar-refractivity contribution in [3.05, 3.63) is 83.1 Å². The van der Waals surface area contributed by atoms with Gasteiger partial charge in [-0.25, -0.2) is 4.39 Å². The van der Waals surface area contributed by atoms with Gasteiger partial charge in [-0.15, -0.1) is 0 Å². The van der Waals surface area contributed by atoms with Crippen molar-refractivity contribution in [2.45, 2.75) is 13.5 Å². The number of carboxylic acids is 1. The molecule has 0 radical (unpaired) electrons. The number of rotatable bonds is 8. The standard InChI is InChI=1S/C23H18FNO5/c1-2-28-22-12-15(11-17(13-25)16-4-6-18(24)7-5-16)3-9-20(22)29-14-19-8-10-21(30-19)23(26)27/h3-12H,2,14H2,1H3,(H,26,27)/p-1/b17-11+. The quantitative estimate of drug-likeness (QED) is 0.417. The Kier molecular flexibility index (Phi) is 6.50. The molecule has 1 heterocycles. The highest BCUT2D eigenvalue weighted by Crippen LogP contribution is 2.31. The van der Waals surface area contributed by atoms with Crippen LogP contribution in [-0.2, 0) is 6.61 Å². The van der Waals surface area contributed by atoms with Gasteiger partial charge in [-0.1, -0.05) is 18.2 Å². The molecule has 0 aliphatic rings. The predicted molar refractivity (Wildman–Crippen MR) is 105 cm³/mol. The number of halogens is 1. The van der Waals surface area contributed by atoms with Crippen LogP contribution in [0.4, 0.5) is 4.39 Å². The summed E-state index contributed by atoms with van der Waals surface area (Å²) in [4.78, 5) is 10.8. The minimum atomic E-state index is -1.40. The zero-order valence-electron chi connectivity index (χ0n) is 16.1. The first kappa shape index (κ1) is 20.7. The van der Waals surface area contributed by atoms with Crippen LogP contribution in [0.15, 0.2) is 59.0 Å². The van der Waals surface area contributed by atoms with E-state index < -0.39 is 5.97 Å². The van der Waals surface area contributed by atoms with Crippen molar-refractivity contribution in [3.63, 3.8) is 0 Å². The number of carbonyl (C=O) groups excluding carboxylic acids is 1. The van der Waals surface area contributed by atoms with E-state index in [1.807, 2.05) is 6.92 Å². The van der Waals surface area contributed by atoms with E-state index in [0.717, 1.165) is 0 Å². The van der Waals surface area contributed by atoms with Gasteiger partial charge >= 0.3 is 0 Å². The number of carboxylic acid groups (broad SMARTS) is 1. The van der Waals surface area contributed by atoms with Crippen LogP contribution in [0.3, 0.4) is 0 Å². The Labute approximate surface area is 172 Å². The summed E-state index contributed by atoms with van der Waals surface area (Å²) in [6.07, 6.45) is 1.66. The molecule has 0 amide bonds. The fourth-order valence-corrected chi connectivity index (χ4v) is 2.69. The summed E-state index contributed by atoms with van der Waals surface area (Å²) in [6, 6.07) is 15.7. The number of furan rings is 1. The third-order valence-electron chi connectivity index (χ3n) is 4.09. The monoisotopic (exact) mass is 406 g/mol. The van der Waals surface area contributed by atoms with Crippen LogP contribution in [0.5, 0.6) is 11.5 Å². The van der Waals surface area contributed by atoms with Gasteiger partial charge in [0.25, 0.3) is 0 Å². The van der Waals surface area contributed by atoms with E-state index in [2.05, 4.69) is 6.07 Å². The normalized spacial score (nSPS) is 11.0. The Bertz CT molecular complexity index is 1110. The number of nitriles is 1. The second-order valence-corrected chi connectivity index (χ2v) is 6.16. The third kappa shape index (κ3) is 5.06. The summed E-state index contributed by atoms with van der Waals surface area (Å²) in [6.45, 7) is 2.22. The van der Waals surface area contributed by atoms with Gasteiger partial charge in [0, 0.05) is 0 Å². The highest BCUT2D eigenvalue weighted by Gasteiger charge is 2.10. The number of hydrogen-bond acceptors (Lipinski definition) is 6. The largest absolute Gasteiger partial charge is 0.542 e. The zero-order valence-corrected chi connectivity index (χ0v) is 16.1. The molecule has 0 saturated heterocycles. The molecule has 1 aromatic heterocycles. The molecular formula is C23H17FNO5-. The third-order valence-corrected chi connectivity index (χ3v) is 4.09. The molecule has 6 nitrogen and oxygen atoms in total. The van der Waals surface area contributed by atoms with E-state index >= 15 is 0 Å². The number of carbonyl (C=O) groups is 1. The van der Waals surface area contributed by atoms with Crippen LogP contribution in [0.25, 0.3) is 11.6 Å². The van der Waals surface area contributed by atoms with Crippen molar-refractivity contribution in [1.82, 2.24) is 0 Å². The summed E-state index contributed by atoms with van der Waals surface area (Å²) >= 11 is 0. The first-order chi connectivity index (χ1) is 14.5. The summed E-state index contributed by atoms with van der Waals surface area (Å²) in [5.74, 6) is -0.844. The molecule has 0 unspecified atom stereocenters. The maximum absolute atomic E-state index is 13.1. The Hall–Kier alpha value is -4.05. The van der Waals surface area contributed by atoms with Crippen LogP contribution >= 0.6 is 0 Å². The van der Waals surface area contributed by atoms with Crippen LogP contribution < -0.4 is 14.6 Å². The number of allylic oxidation sites excluding steroid dienone is 1. The highest BCUT2D eigenvalue weighted by atomic mass is 19.1. The minimum Gasteiger partial charge on any atom is -0.542 e. The van der Waals surface area contributed by atoms with Gasteiger partial charge in [0.15, 0.2) is 11.5 Å². The average molecular weight is 406 g/mol. The molecule has 3 rings (SSSR count). The number of benzene rings is 2. The molecule has 0 aliphatic carbocycles. The second-order valence-electron chi connectivity index (χ2n) is 6.16. The molecule has 0 N–H and O–H groups in total. The van der Waals surface area contributed by atoms with E-state index in [4.69, 9.17) is 13.9 Å². The number of nitrogens with zero attached hydrogens (tertiary/aromatic N) is 1. The van der Waals surface area contributed by atoms with Gasteiger partial charge in [0.05, 0.1) is 18.2 Å². The molecule has 152 valence electrons. The lowest BCUT2D eigenvalue weighted by atomic mass is 10.0. The Morgan fingerprint density at radius 3 is 2.53 bits per heavy atom. The average Bonchev–Trinajstić information content (AvgIpc) is 3.22. The highest BCUT2D eigenvalue weighted by molar-refractivity contribution is 5.89. The van der Waals surface area contributed by atoms with E-state index in [1.165, 1.54) is 36.4 Å². The van der Waals surface area contributed by atoms with Crippen molar-refractivity contribution in [2.75, 3.05) is 6.61 Å². The van der Waals surface area contributed by atoms with Gasteiger partial charge in [0.1, 0.15) is 29.9 Å². The van der Waals surface area contributed by atoms with Crippen molar-refractivity contribution < 1.29 is 28.2 Å². The van der Waals surface area contributed by atoms with Gasteiger partial charge in [0.2, 0.25) is 0 Å². The van der Waals surface area contributed by atoms with Gasteiger partial charge in [-0.3, -0.25) is 0 Å². The smallest absolute Gasteiger partial charge is 0.161 e. The summed E-state index contributed by atoms with van der Waals surface area (Å²) in [5.41, 5.74) is 1.67. The first-order valence-corrected chi connectivity index (χ1v) is 9.07. The van der Waals surface area contributed by atoms with E-state index in [9.17, 15) is 19.6 Å². The van der Waals surface area contributed by atoms with Crippen LogP contribution in [0.2, 0.25) is 0 Å². The summed E-state index contributed by atoms with van der Waals surface area (Å²) in [5, 5.41) is 20.2.